The van der Waals surface area contributed by atoms with E-state index in [0.29, 0.717) is 6.04 Å². The molecule has 0 N–H and O–H groups in total. The molecule has 0 unspecified atom stereocenters. The van der Waals surface area contributed by atoms with Crippen molar-refractivity contribution in [2.75, 3.05) is 4.90 Å². The fourth-order valence-electron chi connectivity index (χ4n) is 4.43. The zero-order valence-corrected chi connectivity index (χ0v) is 16.0. The number of pyridine rings is 1. The number of hydrogen-bond donors (Lipinski definition) is 0. The smallest absolute Gasteiger partial charge is 0.247 e. The maximum atomic E-state index is 6.81. The summed E-state index contributed by atoms with van der Waals surface area (Å²) in [6, 6.07) is 13.3. The molecule has 0 aliphatic carbocycles. The van der Waals surface area contributed by atoms with Gasteiger partial charge in [0.25, 0.3) is 0 Å². The van der Waals surface area contributed by atoms with E-state index in [2.05, 4.69) is 99.7 Å². The topological polar surface area (TPSA) is 16.4 Å². The summed E-state index contributed by atoms with van der Waals surface area (Å²) in [7, 11) is 2.09. The molecule has 130 valence electrons. The van der Waals surface area contributed by atoms with Gasteiger partial charge in [-0.25, -0.2) is 0 Å². The molecule has 0 fully saturated rings. The molecule has 0 saturated carbocycles. The molecule has 1 atom stereocenters. The molecular weight excluding hydrogens is 308 g/mol. The second-order valence-corrected chi connectivity index (χ2v) is 8.02. The van der Waals surface area contributed by atoms with Crippen molar-refractivity contribution in [2.24, 2.45) is 7.05 Å². The Hall–Kier alpha value is -2.29. The van der Waals surface area contributed by atoms with Crippen LogP contribution in [0.4, 0.5) is 5.69 Å². The van der Waals surface area contributed by atoms with Crippen molar-refractivity contribution in [1.82, 2.24) is 0 Å². The monoisotopic (exact) mass is 335 g/mol. The number of anilines is 1. The molecule has 3 heteroatoms. The van der Waals surface area contributed by atoms with Crippen molar-refractivity contribution < 1.29 is 9.30 Å². The minimum Gasteiger partial charge on any atom is -0.456 e. The maximum absolute atomic E-state index is 6.81. The third-order valence-corrected chi connectivity index (χ3v) is 5.96. The van der Waals surface area contributed by atoms with Gasteiger partial charge < -0.3 is 9.64 Å². The molecule has 3 heterocycles. The highest BCUT2D eigenvalue weighted by atomic mass is 16.5. The number of ether oxygens (including phenoxy) is 1. The summed E-state index contributed by atoms with van der Waals surface area (Å²) in [5.41, 5.74) is 4.28. The van der Waals surface area contributed by atoms with Gasteiger partial charge in [0.1, 0.15) is 7.05 Å². The van der Waals surface area contributed by atoms with Gasteiger partial charge in [0.05, 0.1) is 5.41 Å². The van der Waals surface area contributed by atoms with Crippen LogP contribution in [0, 0.1) is 6.92 Å². The number of benzene rings is 1. The van der Waals surface area contributed by atoms with E-state index in [9.17, 15) is 0 Å². The lowest BCUT2D eigenvalue weighted by Gasteiger charge is -2.48. The van der Waals surface area contributed by atoms with E-state index in [-0.39, 0.29) is 5.41 Å². The highest BCUT2D eigenvalue weighted by molar-refractivity contribution is 5.71. The Labute approximate surface area is 150 Å². The van der Waals surface area contributed by atoms with Crippen molar-refractivity contribution in [2.45, 2.75) is 51.8 Å². The van der Waals surface area contributed by atoms with Gasteiger partial charge in [-0.2, -0.15) is 4.57 Å². The normalized spacial score (nSPS) is 22.9. The third kappa shape index (κ3) is 1.95. The third-order valence-electron chi connectivity index (χ3n) is 5.96. The number of hydrogen-bond acceptors (Lipinski definition) is 2. The van der Waals surface area contributed by atoms with E-state index >= 15 is 0 Å². The second-order valence-electron chi connectivity index (χ2n) is 8.02. The van der Waals surface area contributed by atoms with Crippen LogP contribution in [0.15, 0.2) is 42.5 Å². The predicted molar refractivity (Wildman–Crippen MR) is 102 cm³/mol. The van der Waals surface area contributed by atoms with Gasteiger partial charge >= 0.3 is 0 Å². The van der Waals surface area contributed by atoms with Crippen LogP contribution in [0.2, 0.25) is 0 Å². The van der Waals surface area contributed by atoms with Crippen molar-refractivity contribution in [1.29, 1.82) is 0 Å². The minimum atomic E-state index is -0.514. The minimum absolute atomic E-state index is 0.161. The predicted octanol–water partition coefficient (Wildman–Crippen LogP) is 4.13. The first kappa shape index (κ1) is 16.2. The number of nitrogens with zero attached hydrogens (tertiary/aromatic N) is 2. The lowest BCUT2D eigenvalue weighted by molar-refractivity contribution is -0.680. The van der Waals surface area contributed by atoms with Gasteiger partial charge in [-0.1, -0.05) is 18.2 Å². The summed E-state index contributed by atoms with van der Waals surface area (Å²) in [6.45, 7) is 11.2. The van der Waals surface area contributed by atoms with Gasteiger partial charge in [-0.15, -0.1) is 0 Å². The summed E-state index contributed by atoms with van der Waals surface area (Å²) in [6.07, 6.45) is 4.49. The Balaban J connectivity index is 1.95. The molecule has 3 nitrogen and oxygen atoms in total. The zero-order chi connectivity index (χ0) is 18.0. The van der Waals surface area contributed by atoms with E-state index < -0.39 is 5.72 Å². The highest BCUT2D eigenvalue weighted by Gasteiger charge is 2.60. The fraction of sp³-hybridized carbons (Fsp3) is 0.409. The van der Waals surface area contributed by atoms with Gasteiger partial charge in [-0.05, 0) is 51.5 Å². The lowest BCUT2D eigenvalue weighted by atomic mass is 9.76. The average molecular weight is 335 g/mol. The van der Waals surface area contributed by atoms with Crippen LogP contribution in [0.1, 0.15) is 44.6 Å². The number of para-hydroxylation sites is 1. The summed E-state index contributed by atoms with van der Waals surface area (Å²) < 4.78 is 8.99. The van der Waals surface area contributed by atoms with Crippen molar-refractivity contribution in [3.8, 4) is 5.75 Å². The molecule has 1 aromatic heterocycles. The Morgan fingerprint density at radius 3 is 2.52 bits per heavy atom. The number of fused-ring (bicyclic) bond motifs is 2. The largest absolute Gasteiger partial charge is 0.456 e. The molecule has 2 aliphatic heterocycles. The molecule has 0 radical (unpaired) electrons. The van der Waals surface area contributed by atoms with Crippen LogP contribution in [0.5, 0.6) is 5.75 Å². The van der Waals surface area contributed by atoms with Gasteiger partial charge in [-0.3, -0.25) is 0 Å². The Kier molecular flexibility index (Phi) is 3.31. The number of aromatic nitrogens is 1. The molecular formula is C22H27N2O+. The van der Waals surface area contributed by atoms with Crippen LogP contribution >= 0.6 is 0 Å². The molecule has 2 aliphatic rings. The van der Waals surface area contributed by atoms with E-state index in [1.54, 1.807) is 0 Å². The molecule has 2 aromatic rings. The first-order chi connectivity index (χ1) is 11.8. The first-order valence-corrected chi connectivity index (χ1v) is 9.06. The van der Waals surface area contributed by atoms with Crippen LogP contribution in [0.25, 0.3) is 6.08 Å². The summed E-state index contributed by atoms with van der Waals surface area (Å²) in [4.78, 5) is 2.43. The standard InChI is InChI=1S/C22H27N2O/c1-15(2)24-18-10-8-7-9-17(18)21(4,5)22(24)14-13-19-20(25-22)12-11-16(3)23(19)6/h7-15H,1-6H3/q+1/t22-/m1/s1. The Bertz CT molecular complexity index is 882. The molecule has 4 rings (SSSR count). The van der Waals surface area contributed by atoms with Crippen molar-refractivity contribution >= 4 is 11.8 Å². The number of rotatable bonds is 1. The lowest BCUT2D eigenvalue weighted by Crippen LogP contribution is -2.62. The molecule has 1 spiro atoms. The maximum Gasteiger partial charge on any atom is 0.247 e. The van der Waals surface area contributed by atoms with E-state index in [0.717, 1.165) is 11.4 Å². The summed E-state index contributed by atoms with van der Waals surface area (Å²) in [5, 5.41) is 0. The van der Waals surface area contributed by atoms with Crippen molar-refractivity contribution in [3.05, 3.63) is 59.4 Å². The van der Waals surface area contributed by atoms with Gasteiger partial charge in [0.2, 0.25) is 11.4 Å². The van der Waals surface area contributed by atoms with Crippen molar-refractivity contribution in [3.63, 3.8) is 0 Å². The zero-order valence-electron chi connectivity index (χ0n) is 16.0. The van der Waals surface area contributed by atoms with Gasteiger partial charge in [0, 0.05) is 30.8 Å². The SMILES string of the molecule is Cc1ccc2c([n+]1C)C=C[C@]1(O2)N(C(C)C)c2ccccc2C1(C)C. The van der Waals surface area contributed by atoms with Crippen LogP contribution < -0.4 is 14.2 Å². The van der Waals surface area contributed by atoms with E-state index in [1.807, 2.05) is 0 Å². The second kappa shape index (κ2) is 5.10. The molecule has 1 aromatic carbocycles. The van der Waals surface area contributed by atoms with Crippen LogP contribution in [0.3, 0.4) is 0 Å². The molecule has 0 amide bonds. The Morgan fingerprint density at radius 1 is 1.08 bits per heavy atom. The molecule has 25 heavy (non-hydrogen) atoms. The number of aryl methyl sites for hydroxylation is 1. The van der Waals surface area contributed by atoms with E-state index in [4.69, 9.17) is 4.74 Å². The average Bonchev–Trinajstić information content (AvgIpc) is 2.76. The van der Waals surface area contributed by atoms with E-state index in [1.165, 1.54) is 16.9 Å². The first-order valence-electron chi connectivity index (χ1n) is 9.06. The summed E-state index contributed by atoms with van der Waals surface area (Å²) in [5.74, 6) is 0.946. The quantitative estimate of drug-likeness (QED) is 0.729. The van der Waals surface area contributed by atoms with Gasteiger partial charge in [0.15, 0.2) is 11.4 Å². The Morgan fingerprint density at radius 2 is 1.80 bits per heavy atom. The highest BCUT2D eigenvalue weighted by Crippen LogP contribution is 2.55. The molecule has 0 saturated heterocycles. The van der Waals surface area contributed by atoms with Crippen LogP contribution in [-0.2, 0) is 12.5 Å². The van der Waals surface area contributed by atoms with Crippen LogP contribution in [-0.4, -0.2) is 11.8 Å². The fourth-order valence-corrected chi connectivity index (χ4v) is 4.43. The molecule has 0 bridgehead atoms. The summed E-state index contributed by atoms with van der Waals surface area (Å²) >= 11 is 0.